The number of phosphoric acid groups is 1. The molecule has 10 N–H and O–H groups in total. The Labute approximate surface area is 298 Å². The van der Waals surface area contributed by atoms with E-state index in [1.807, 2.05) is 0 Å². The van der Waals surface area contributed by atoms with Gasteiger partial charge >= 0.3 is 21.8 Å². The molecular formula is C29H44N7O14P2+. The molecule has 2 aliphatic heterocycles. The number of fused-ring (bicyclic) bond motifs is 1. The number of aromatic nitrogens is 5. The van der Waals surface area contributed by atoms with Crippen LogP contribution in [0.1, 0.15) is 65.7 Å². The molecule has 21 nitrogen and oxygen atoms in total. The van der Waals surface area contributed by atoms with Crippen molar-refractivity contribution in [3.8, 4) is 0 Å². The summed E-state index contributed by atoms with van der Waals surface area (Å²) in [6, 6.07) is 3.13. The van der Waals surface area contributed by atoms with E-state index >= 15 is 0 Å². The summed E-state index contributed by atoms with van der Waals surface area (Å²) in [5.41, 5.74) is -2.24. The summed E-state index contributed by atoms with van der Waals surface area (Å²) in [5, 5.41) is 53.9. The number of nitrogen functional groups attached to an aromatic ring is 1. The quantitative estimate of drug-likeness (QED) is 0.0910. The van der Waals surface area contributed by atoms with Crippen molar-refractivity contribution in [2.24, 2.45) is 5.73 Å². The minimum Gasteiger partial charge on any atom is -0.566 e. The van der Waals surface area contributed by atoms with Crippen molar-refractivity contribution in [3.63, 3.8) is 0 Å². The molecule has 23 heteroatoms. The molecule has 3 aromatic heterocycles. The highest BCUT2D eigenvalue weighted by Gasteiger charge is 2.77. The fourth-order valence-electron chi connectivity index (χ4n) is 6.52. The van der Waals surface area contributed by atoms with Gasteiger partial charge in [-0.2, -0.15) is 4.57 Å². The van der Waals surface area contributed by atoms with E-state index in [9.17, 15) is 49.2 Å². The highest BCUT2D eigenvalue weighted by Crippen LogP contribution is 2.58. The van der Waals surface area contributed by atoms with Crippen LogP contribution in [0.15, 0.2) is 37.2 Å². The molecule has 0 bridgehead atoms. The Morgan fingerprint density at radius 1 is 1.00 bits per heavy atom. The Bertz CT molecular complexity index is 1940. The zero-order valence-electron chi connectivity index (χ0n) is 29.6. The first kappa shape index (κ1) is 41.6. The Hall–Kier alpha value is -3.14. The van der Waals surface area contributed by atoms with E-state index in [1.165, 1.54) is 82.5 Å². The first-order valence-corrected chi connectivity index (χ1v) is 18.1. The van der Waals surface area contributed by atoms with Gasteiger partial charge in [0.15, 0.2) is 35.2 Å². The van der Waals surface area contributed by atoms with Gasteiger partial charge in [-0.15, -0.1) is 0 Å². The number of hydrogen-bond acceptors (Lipinski definition) is 17. The molecule has 5 rings (SSSR count). The number of hydrogen-bond donors (Lipinski definition) is 8. The molecule has 2 saturated heterocycles. The summed E-state index contributed by atoms with van der Waals surface area (Å²) < 4.78 is 45.7. The summed E-state index contributed by atoms with van der Waals surface area (Å²) in [4.78, 5) is 43.5. The number of aliphatic hydroxyl groups excluding tert-OH is 1. The Morgan fingerprint density at radius 2 is 1.60 bits per heavy atom. The number of nitrogens with two attached hydrogens (primary N) is 2. The second-order valence-electron chi connectivity index (χ2n) is 14.0. The summed E-state index contributed by atoms with van der Waals surface area (Å²) in [6.07, 6.45) is 5.51. The molecule has 0 radical (unpaired) electrons. The lowest BCUT2D eigenvalue weighted by atomic mass is 9.73. The van der Waals surface area contributed by atoms with Crippen LogP contribution in [0.25, 0.3) is 11.2 Å². The molecule has 0 aliphatic carbocycles. The second kappa shape index (κ2) is 13.0. The number of rotatable bonds is 9. The zero-order valence-corrected chi connectivity index (χ0v) is 31.4. The van der Waals surface area contributed by atoms with Gasteiger partial charge in [0.25, 0.3) is 5.91 Å². The molecule has 0 aromatic carbocycles. The molecule has 52 heavy (non-hydrogen) atoms. The maximum Gasteiger partial charge on any atom is 0.515 e. The lowest BCUT2D eigenvalue weighted by Crippen LogP contribution is -2.69. The average molecular weight is 777 g/mol. The highest BCUT2D eigenvalue weighted by molar-refractivity contribution is 7.55. The standard InChI is InChI=1S/C15H22N2O5.C14H21N5O9P2/c1-12(9-18)13(2,20)14(3,21)15(4,22-12)17-7-5-6-10(8-17)11(16)19;1-11(5-26-30(24,25)28-29(22)23)12(2,20)13(3,21)14(4,27-11)19-7-18-8-9(15)16-6-17-10(8)19/h5-8,18,20-21H,9H2,1-4H3,(H-,16,19);6-7,20-21H,5H2,1-4H3,(H,24,25)(H2,15,16,17)/p+1/t12-,13+,14?,15-;11-,12+,13?,14-/m11/s1. The van der Waals surface area contributed by atoms with Gasteiger partial charge in [-0.3, -0.25) is 13.9 Å². The lowest BCUT2D eigenvalue weighted by molar-refractivity contribution is -0.818. The first-order chi connectivity index (χ1) is 23.5. The maximum atomic E-state index is 11.8. The van der Waals surface area contributed by atoms with E-state index in [2.05, 4.69) is 19.3 Å². The molecule has 288 valence electrons. The number of pyridine rings is 1. The lowest BCUT2D eigenvalue weighted by Gasteiger charge is -2.42. The highest BCUT2D eigenvalue weighted by atomic mass is 31.2. The van der Waals surface area contributed by atoms with E-state index in [1.54, 1.807) is 19.2 Å². The fraction of sp³-hybridized carbons (Fsp3) is 0.621. The zero-order chi connectivity index (χ0) is 39.7. The number of nitrogens with zero attached hydrogens (tertiary/aromatic N) is 5. The SMILES string of the molecule is CC1(O)[C@](C)([n+]2cccc(C(N)=O)c2)O[C@](C)(CO)[C@]1(C)O.CC1(O)[C@](C)(n2cnc3c(N)ncnc32)O[C@](C)(COP(=O)(O)O[P+](=O)[O-])[C@]1(C)O. The van der Waals surface area contributed by atoms with Gasteiger partial charge in [-0.05, 0) is 63.4 Å². The van der Waals surface area contributed by atoms with Gasteiger partial charge in [-0.1, -0.05) is 0 Å². The molecule has 5 heterocycles. The van der Waals surface area contributed by atoms with E-state index in [0.29, 0.717) is 0 Å². The summed E-state index contributed by atoms with van der Waals surface area (Å²) in [7, 11) is -8.69. The van der Waals surface area contributed by atoms with Crippen molar-refractivity contribution < 1.29 is 72.1 Å². The number of phosphoric ester groups is 1. The summed E-state index contributed by atoms with van der Waals surface area (Å²) in [6.45, 7) is 9.92. The molecular weight excluding hydrogens is 732 g/mol. The minimum atomic E-state index is -5.01. The Balaban J connectivity index is 0.000000244. The van der Waals surface area contributed by atoms with Crippen LogP contribution < -0.4 is 20.9 Å². The average Bonchev–Trinajstić information content (AvgIpc) is 3.56. The third-order valence-corrected chi connectivity index (χ3v) is 12.8. The second-order valence-corrected chi connectivity index (χ2v) is 16.3. The molecule has 0 spiro atoms. The van der Waals surface area contributed by atoms with Crippen molar-refractivity contribution in [2.75, 3.05) is 18.9 Å². The number of aliphatic hydroxyl groups is 5. The van der Waals surface area contributed by atoms with Gasteiger partial charge in [0.1, 0.15) is 45.4 Å². The number of carbonyl (C=O) groups excluding carboxylic acids is 1. The molecule has 3 aromatic rings. The molecule has 0 saturated carbocycles. The summed E-state index contributed by atoms with van der Waals surface area (Å²) in [5.74, 6) is -0.532. The fourth-order valence-corrected chi connectivity index (χ4v) is 7.79. The van der Waals surface area contributed by atoms with Crippen molar-refractivity contribution >= 4 is 39.0 Å². The van der Waals surface area contributed by atoms with Crippen molar-refractivity contribution in [1.29, 1.82) is 0 Å². The molecule has 4 unspecified atom stereocenters. The van der Waals surface area contributed by atoms with Crippen LogP contribution in [0.5, 0.6) is 0 Å². The van der Waals surface area contributed by atoms with E-state index < -0.39 is 80.3 Å². The van der Waals surface area contributed by atoms with Gasteiger partial charge in [0, 0.05) is 13.0 Å². The van der Waals surface area contributed by atoms with Crippen LogP contribution in [-0.4, -0.2) is 103 Å². The Morgan fingerprint density at radius 3 is 2.13 bits per heavy atom. The van der Waals surface area contributed by atoms with Crippen LogP contribution in [0.4, 0.5) is 5.82 Å². The van der Waals surface area contributed by atoms with Crippen molar-refractivity contribution in [2.45, 2.75) is 100 Å². The minimum absolute atomic E-state index is 0.0861. The topological polar surface area (TPSA) is 332 Å². The third kappa shape index (κ3) is 6.12. The predicted molar refractivity (Wildman–Crippen MR) is 175 cm³/mol. The number of carbonyl (C=O) groups is 1. The monoisotopic (exact) mass is 776 g/mol. The van der Waals surface area contributed by atoms with Crippen molar-refractivity contribution in [1.82, 2.24) is 19.5 Å². The first-order valence-electron chi connectivity index (χ1n) is 15.5. The van der Waals surface area contributed by atoms with Crippen LogP contribution in [0.3, 0.4) is 0 Å². The van der Waals surface area contributed by atoms with Gasteiger partial charge < -0.3 is 56.3 Å². The summed E-state index contributed by atoms with van der Waals surface area (Å²) >= 11 is 0. The number of amides is 1. The van der Waals surface area contributed by atoms with Crippen LogP contribution in [-0.2, 0) is 38.9 Å². The third-order valence-electron chi connectivity index (χ3n) is 11.0. The van der Waals surface area contributed by atoms with Crippen LogP contribution in [0, 0.1) is 0 Å². The smallest absolute Gasteiger partial charge is 0.515 e. The van der Waals surface area contributed by atoms with E-state index in [4.69, 9.17) is 25.5 Å². The molecule has 2 fully saturated rings. The van der Waals surface area contributed by atoms with Gasteiger partial charge in [-0.25, -0.2) is 19.5 Å². The van der Waals surface area contributed by atoms with Crippen LogP contribution >= 0.6 is 16.1 Å². The molecule has 10 atom stereocenters. The largest absolute Gasteiger partial charge is 0.566 e. The normalized spacial score (nSPS) is 38.8. The van der Waals surface area contributed by atoms with E-state index in [0.717, 1.165) is 0 Å². The maximum absolute atomic E-state index is 11.8. The van der Waals surface area contributed by atoms with E-state index in [-0.39, 0.29) is 22.5 Å². The number of ether oxygens (including phenoxy) is 2. The molecule has 2 aliphatic rings. The number of primary amides is 1. The molecule has 1 amide bonds. The van der Waals surface area contributed by atoms with Gasteiger partial charge in [0.05, 0.1) is 19.5 Å². The van der Waals surface area contributed by atoms with Gasteiger partial charge in [0.2, 0.25) is 0 Å². The number of anilines is 1. The predicted octanol–water partition coefficient (Wildman–Crippen LogP) is -1.45. The van der Waals surface area contributed by atoms with Crippen molar-refractivity contribution in [3.05, 3.63) is 42.7 Å². The Kier molecular flexibility index (Phi) is 10.4. The van der Waals surface area contributed by atoms with Crippen LogP contribution in [0.2, 0.25) is 0 Å². The number of imidazole rings is 1.